The molecular formula is C17H20O3. The molecule has 0 amide bonds. The van der Waals surface area contributed by atoms with Gasteiger partial charge in [-0.3, -0.25) is 0 Å². The van der Waals surface area contributed by atoms with Gasteiger partial charge in [0.05, 0.1) is 6.61 Å². The highest BCUT2D eigenvalue weighted by molar-refractivity contribution is 5.64. The van der Waals surface area contributed by atoms with Crippen molar-refractivity contribution in [1.29, 1.82) is 0 Å². The van der Waals surface area contributed by atoms with Crippen LogP contribution in [0.25, 0.3) is 11.1 Å². The molecule has 0 atom stereocenters. The van der Waals surface area contributed by atoms with E-state index in [1.807, 2.05) is 36.4 Å². The minimum absolute atomic E-state index is 0.282. The largest absolute Gasteiger partial charge is 0.508 e. The van der Waals surface area contributed by atoms with Gasteiger partial charge in [-0.1, -0.05) is 24.3 Å². The van der Waals surface area contributed by atoms with E-state index in [9.17, 15) is 5.11 Å². The Balaban J connectivity index is 1.88. The van der Waals surface area contributed by atoms with Crippen molar-refractivity contribution in [3.63, 3.8) is 0 Å². The SMILES string of the molecule is COCCCCOc1ccc(-c2ccc(O)cc2)cc1. The molecular weight excluding hydrogens is 252 g/mol. The lowest BCUT2D eigenvalue weighted by molar-refractivity contribution is 0.184. The number of rotatable bonds is 7. The zero-order valence-corrected chi connectivity index (χ0v) is 11.7. The Kier molecular flexibility index (Phi) is 5.44. The summed E-state index contributed by atoms with van der Waals surface area (Å²) in [6, 6.07) is 15.2. The third-order valence-electron chi connectivity index (χ3n) is 3.07. The Morgan fingerprint density at radius 1 is 0.800 bits per heavy atom. The van der Waals surface area contributed by atoms with Crippen LogP contribution >= 0.6 is 0 Å². The number of ether oxygens (including phenoxy) is 2. The molecule has 0 bridgehead atoms. The topological polar surface area (TPSA) is 38.7 Å². The van der Waals surface area contributed by atoms with Crippen molar-refractivity contribution in [2.24, 2.45) is 0 Å². The van der Waals surface area contributed by atoms with Gasteiger partial charge in [-0.25, -0.2) is 0 Å². The van der Waals surface area contributed by atoms with Gasteiger partial charge in [-0.2, -0.15) is 0 Å². The van der Waals surface area contributed by atoms with Crippen LogP contribution in [0, 0.1) is 0 Å². The molecule has 106 valence electrons. The maximum absolute atomic E-state index is 9.28. The van der Waals surface area contributed by atoms with E-state index in [2.05, 4.69) is 0 Å². The number of phenolic OH excluding ortho intramolecular Hbond substituents is 1. The van der Waals surface area contributed by atoms with Gasteiger partial charge in [0, 0.05) is 13.7 Å². The molecule has 0 aromatic heterocycles. The highest BCUT2D eigenvalue weighted by Gasteiger charge is 1.99. The van der Waals surface area contributed by atoms with Gasteiger partial charge in [0.2, 0.25) is 0 Å². The zero-order chi connectivity index (χ0) is 14.2. The van der Waals surface area contributed by atoms with Gasteiger partial charge in [0.15, 0.2) is 0 Å². The quantitative estimate of drug-likeness (QED) is 0.778. The minimum atomic E-state index is 0.282. The summed E-state index contributed by atoms with van der Waals surface area (Å²) in [6.45, 7) is 1.49. The maximum atomic E-state index is 9.28. The van der Waals surface area contributed by atoms with Gasteiger partial charge < -0.3 is 14.6 Å². The fourth-order valence-corrected chi connectivity index (χ4v) is 1.94. The van der Waals surface area contributed by atoms with Gasteiger partial charge in [0.25, 0.3) is 0 Å². The number of phenols is 1. The van der Waals surface area contributed by atoms with Gasteiger partial charge in [-0.05, 0) is 48.2 Å². The van der Waals surface area contributed by atoms with Crippen molar-refractivity contribution in [2.75, 3.05) is 20.3 Å². The van der Waals surface area contributed by atoms with E-state index < -0.39 is 0 Å². The molecule has 2 aromatic carbocycles. The molecule has 0 aliphatic rings. The lowest BCUT2D eigenvalue weighted by Gasteiger charge is -2.07. The van der Waals surface area contributed by atoms with Crippen LogP contribution < -0.4 is 4.74 Å². The standard InChI is InChI=1S/C17H20O3/c1-19-12-2-3-13-20-17-10-6-15(7-11-17)14-4-8-16(18)9-5-14/h4-11,18H,2-3,12-13H2,1H3. The van der Waals surface area contributed by atoms with E-state index in [4.69, 9.17) is 9.47 Å². The number of unbranched alkanes of at least 4 members (excludes halogenated alkanes) is 1. The Morgan fingerprint density at radius 2 is 1.35 bits per heavy atom. The van der Waals surface area contributed by atoms with Gasteiger partial charge in [-0.15, -0.1) is 0 Å². The van der Waals surface area contributed by atoms with E-state index in [-0.39, 0.29) is 5.75 Å². The average Bonchev–Trinajstić information content (AvgIpc) is 2.49. The minimum Gasteiger partial charge on any atom is -0.508 e. The Labute approximate surface area is 119 Å². The van der Waals surface area contributed by atoms with Crippen LogP contribution in [0.5, 0.6) is 11.5 Å². The molecule has 0 spiro atoms. The molecule has 0 saturated heterocycles. The Bertz CT molecular complexity index is 503. The molecule has 0 aliphatic heterocycles. The fourth-order valence-electron chi connectivity index (χ4n) is 1.94. The van der Waals surface area contributed by atoms with Crippen LogP contribution in [-0.4, -0.2) is 25.4 Å². The molecule has 3 heteroatoms. The third kappa shape index (κ3) is 4.28. The lowest BCUT2D eigenvalue weighted by Crippen LogP contribution is -1.99. The van der Waals surface area contributed by atoms with E-state index in [0.717, 1.165) is 36.3 Å². The van der Waals surface area contributed by atoms with Crippen molar-refractivity contribution in [1.82, 2.24) is 0 Å². The summed E-state index contributed by atoms with van der Waals surface area (Å²) >= 11 is 0. The number of hydrogen-bond acceptors (Lipinski definition) is 3. The normalized spacial score (nSPS) is 10.4. The summed E-state index contributed by atoms with van der Waals surface area (Å²) in [7, 11) is 1.71. The summed E-state index contributed by atoms with van der Waals surface area (Å²) in [4.78, 5) is 0. The van der Waals surface area contributed by atoms with Crippen molar-refractivity contribution in [2.45, 2.75) is 12.8 Å². The predicted molar refractivity (Wildman–Crippen MR) is 80.1 cm³/mol. The first-order chi connectivity index (χ1) is 9.79. The summed E-state index contributed by atoms with van der Waals surface area (Å²) in [5, 5.41) is 9.28. The van der Waals surface area contributed by atoms with Gasteiger partial charge in [0.1, 0.15) is 11.5 Å². The summed E-state index contributed by atoms with van der Waals surface area (Å²) in [6.07, 6.45) is 2.01. The number of benzene rings is 2. The Morgan fingerprint density at radius 3 is 1.95 bits per heavy atom. The third-order valence-corrected chi connectivity index (χ3v) is 3.07. The molecule has 0 unspecified atom stereocenters. The van der Waals surface area contributed by atoms with Gasteiger partial charge >= 0.3 is 0 Å². The van der Waals surface area contributed by atoms with E-state index in [0.29, 0.717) is 6.61 Å². The number of aromatic hydroxyl groups is 1. The molecule has 1 N–H and O–H groups in total. The first kappa shape index (κ1) is 14.4. The molecule has 0 heterocycles. The second-order valence-electron chi connectivity index (χ2n) is 4.62. The van der Waals surface area contributed by atoms with Crippen molar-refractivity contribution >= 4 is 0 Å². The summed E-state index contributed by atoms with van der Waals surface area (Å²) < 4.78 is 10.7. The van der Waals surface area contributed by atoms with Crippen LogP contribution in [0.2, 0.25) is 0 Å². The first-order valence-corrected chi connectivity index (χ1v) is 6.81. The smallest absolute Gasteiger partial charge is 0.119 e. The van der Waals surface area contributed by atoms with E-state index in [1.54, 1.807) is 19.2 Å². The fraction of sp³-hybridized carbons (Fsp3) is 0.294. The van der Waals surface area contributed by atoms with Crippen LogP contribution in [0.15, 0.2) is 48.5 Å². The van der Waals surface area contributed by atoms with Crippen molar-refractivity contribution in [3.05, 3.63) is 48.5 Å². The molecule has 20 heavy (non-hydrogen) atoms. The molecule has 2 rings (SSSR count). The molecule has 0 aliphatic carbocycles. The highest BCUT2D eigenvalue weighted by Crippen LogP contribution is 2.24. The second kappa shape index (κ2) is 7.56. The Hall–Kier alpha value is -2.00. The van der Waals surface area contributed by atoms with E-state index >= 15 is 0 Å². The second-order valence-corrected chi connectivity index (χ2v) is 4.62. The highest BCUT2D eigenvalue weighted by atomic mass is 16.5. The molecule has 0 saturated carbocycles. The maximum Gasteiger partial charge on any atom is 0.119 e. The number of methoxy groups -OCH3 is 1. The summed E-state index contributed by atoms with van der Waals surface area (Å²) in [5.41, 5.74) is 2.19. The molecule has 0 fully saturated rings. The van der Waals surface area contributed by atoms with E-state index in [1.165, 1.54) is 0 Å². The molecule has 0 radical (unpaired) electrons. The first-order valence-electron chi connectivity index (χ1n) is 6.81. The van der Waals surface area contributed by atoms with Crippen molar-refractivity contribution < 1.29 is 14.6 Å². The summed E-state index contributed by atoms with van der Waals surface area (Å²) in [5.74, 6) is 1.16. The van der Waals surface area contributed by atoms with Crippen LogP contribution in [-0.2, 0) is 4.74 Å². The molecule has 2 aromatic rings. The van der Waals surface area contributed by atoms with Crippen LogP contribution in [0.3, 0.4) is 0 Å². The van der Waals surface area contributed by atoms with Crippen LogP contribution in [0.4, 0.5) is 0 Å². The monoisotopic (exact) mass is 272 g/mol. The average molecular weight is 272 g/mol. The molecule has 3 nitrogen and oxygen atoms in total. The predicted octanol–water partition coefficient (Wildman–Crippen LogP) is 3.86. The number of hydrogen-bond donors (Lipinski definition) is 1. The zero-order valence-electron chi connectivity index (χ0n) is 11.7. The lowest BCUT2D eigenvalue weighted by atomic mass is 10.1. The van der Waals surface area contributed by atoms with Crippen LogP contribution in [0.1, 0.15) is 12.8 Å². The van der Waals surface area contributed by atoms with Crippen molar-refractivity contribution in [3.8, 4) is 22.6 Å².